The first-order valence-electron chi connectivity index (χ1n) is 15.0. The summed E-state index contributed by atoms with van der Waals surface area (Å²) >= 11 is 0. The fourth-order valence-electron chi connectivity index (χ4n) is 5.00. The quantitative estimate of drug-likeness (QED) is 0.258. The molecule has 0 heterocycles. The molecule has 3 unspecified atom stereocenters. The Balaban J connectivity index is 2.69. The van der Waals surface area contributed by atoms with Gasteiger partial charge in [0.25, 0.3) is 5.91 Å². The van der Waals surface area contributed by atoms with Crippen LogP contribution in [0.4, 0.5) is 10.5 Å². The molecule has 9 nitrogen and oxygen atoms in total. The number of para-hydroxylation sites is 1. The highest BCUT2D eigenvalue weighted by Gasteiger charge is 2.39. The topological polar surface area (TPSA) is 131 Å². The molecule has 0 fully saturated rings. The fourth-order valence-corrected chi connectivity index (χ4v) is 5.00. The highest BCUT2D eigenvalue weighted by Crippen LogP contribution is 2.32. The number of nitrogens with two attached hydrogens (primary N) is 1. The van der Waals surface area contributed by atoms with Crippen LogP contribution in [0.3, 0.4) is 0 Å². The number of primary amides is 1. The molecule has 0 aliphatic rings. The van der Waals surface area contributed by atoms with E-state index in [-0.39, 0.29) is 24.8 Å². The smallest absolute Gasteiger partial charge is 0.408 e. The second kappa shape index (κ2) is 15.5. The molecule has 0 saturated heterocycles. The molecule has 2 aromatic rings. The van der Waals surface area contributed by atoms with E-state index in [1.807, 2.05) is 70.2 Å². The number of rotatable bonds is 13. The summed E-state index contributed by atoms with van der Waals surface area (Å²) < 4.78 is 5.45. The molecule has 2 aromatic carbocycles. The van der Waals surface area contributed by atoms with E-state index in [9.17, 15) is 19.2 Å². The number of ether oxygens (including phenoxy) is 1. The standard InChI is InChI=1S/C34H50N4O5/c1-21(2)17-18-25(6)38(32(41)27(19-20-28(35)39)36-33(42)43-34(7,8)9)30(26-16-11-10-13-22(26)3)31(40)37-29-23(4)14-12-15-24(29)5/h10-16,21,25,27,30H,17-20H2,1-9H3,(H2,35,39)(H,36,42)(H,37,40). The Bertz CT molecular complexity index is 1260. The van der Waals surface area contributed by atoms with Crippen molar-refractivity contribution in [1.29, 1.82) is 0 Å². The van der Waals surface area contributed by atoms with Crippen molar-refractivity contribution < 1.29 is 23.9 Å². The van der Waals surface area contributed by atoms with Gasteiger partial charge in [0.15, 0.2) is 0 Å². The van der Waals surface area contributed by atoms with Crippen molar-refractivity contribution in [2.75, 3.05) is 5.32 Å². The second-order valence-corrected chi connectivity index (χ2v) is 12.8. The Morgan fingerprint density at radius 3 is 1.98 bits per heavy atom. The number of hydrogen-bond donors (Lipinski definition) is 3. The zero-order valence-electron chi connectivity index (χ0n) is 27.2. The SMILES string of the molecule is Cc1ccccc1C(C(=O)Nc1c(C)cccc1C)N(C(=O)C(CCC(N)=O)NC(=O)OC(C)(C)C)C(C)CCC(C)C. The Hall–Kier alpha value is -3.88. The van der Waals surface area contributed by atoms with E-state index >= 15 is 0 Å². The second-order valence-electron chi connectivity index (χ2n) is 12.8. The molecule has 3 atom stereocenters. The third-order valence-electron chi connectivity index (χ3n) is 7.30. The first kappa shape index (κ1) is 35.3. The van der Waals surface area contributed by atoms with Gasteiger partial charge in [0, 0.05) is 18.2 Å². The summed E-state index contributed by atoms with van der Waals surface area (Å²) in [6, 6.07) is 10.7. The molecule has 0 radical (unpaired) electrons. The number of nitrogens with one attached hydrogen (secondary N) is 2. The molecule has 0 aliphatic carbocycles. The first-order chi connectivity index (χ1) is 20.0. The van der Waals surface area contributed by atoms with Crippen molar-refractivity contribution in [2.24, 2.45) is 11.7 Å². The van der Waals surface area contributed by atoms with Crippen LogP contribution in [-0.4, -0.2) is 46.4 Å². The van der Waals surface area contributed by atoms with Crippen LogP contribution in [0.5, 0.6) is 0 Å². The first-order valence-corrected chi connectivity index (χ1v) is 15.0. The Morgan fingerprint density at radius 1 is 0.860 bits per heavy atom. The molecule has 9 heteroatoms. The molecule has 43 heavy (non-hydrogen) atoms. The van der Waals surface area contributed by atoms with E-state index in [4.69, 9.17) is 10.5 Å². The third-order valence-corrected chi connectivity index (χ3v) is 7.30. The normalized spacial score (nSPS) is 13.5. The van der Waals surface area contributed by atoms with Gasteiger partial charge in [-0.15, -0.1) is 0 Å². The van der Waals surface area contributed by atoms with Gasteiger partial charge < -0.3 is 26.0 Å². The molecule has 0 spiro atoms. The summed E-state index contributed by atoms with van der Waals surface area (Å²) in [6.07, 6.45) is 0.467. The van der Waals surface area contributed by atoms with Crippen LogP contribution in [-0.2, 0) is 19.1 Å². The summed E-state index contributed by atoms with van der Waals surface area (Å²) in [5, 5.41) is 5.77. The lowest BCUT2D eigenvalue weighted by Crippen LogP contribution is -2.55. The summed E-state index contributed by atoms with van der Waals surface area (Å²) in [6.45, 7) is 17.0. The molecule has 0 aromatic heterocycles. The summed E-state index contributed by atoms with van der Waals surface area (Å²) in [7, 11) is 0. The highest BCUT2D eigenvalue weighted by molar-refractivity contribution is 6.00. The summed E-state index contributed by atoms with van der Waals surface area (Å²) in [5.41, 5.74) is 8.63. The van der Waals surface area contributed by atoms with Crippen LogP contribution >= 0.6 is 0 Å². The van der Waals surface area contributed by atoms with Crippen LogP contribution in [0.1, 0.15) is 95.5 Å². The maximum Gasteiger partial charge on any atom is 0.408 e. The van der Waals surface area contributed by atoms with Gasteiger partial charge in [-0.1, -0.05) is 56.3 Å². The lowest BCUT2D eigenvalue weighted by molar-refractivity contribution is -0.143. The number of hydrogen-bond acceptors (Lipinski definition) is 5. The van der Waals surface area contributed by atoms with E-state index in [0.29, 0.717) is 23.6 Å². The number of amides is 4. The van der Waals surface area contributed by atoms with Crippen molar-refractivity contribution in [1.82, 2.24) is 10.2 Å². The largest absolute Gasteiger partial charge is 0.444 e. The maximum absolute atomic E-state index is 14.6. The number of nitrogens with zero attached hydrogens (tertiary/aromatic N) is 1. The van der Waals surface area contributed by atoms with Gasteiger partial charge in [-0.25, -0.2) is 4.79 Å². The minimum Gasteiger partial charge on any atom is -0.444 e. The van der Waals surface area contributed by atoms with Gasteiger partial charge in [-0.2, -0.15) is 0 Å². The van der Waals surface area contributed by atoms with E-state index < -0.39 is 35.6 Å². The molecule has 0 aliphatic heterocycles. The van der Waals surface area contributed by atoms with Gasteiger partial charge in [-0.05, 0) is 95.9 Å². The van der Waals surface area contributed by atoms with Gasteiger partial charge in [0.05, 0.1) is 0 Å². The molecular formula is C34H50N4O5. The van der Waals surface area contributed by atoms with Crippen molar-refractivity contribution >= 4 is 29.5 Å². The fraction of sp³-hybridized carbons (Fsp3) is 0.529. The van der Waals surface area contributed by atoms with Gasteiger partial charge in [-0.3, -0.25) is 14.4 Å². The molecule has 236 valence electrons. The van der Waals surface area contributed by atoms with Gasteiger partial charge in [0.2, 0.25) is 11.8 Å². The number of alkyl carbamates (subject to hydrolysis) is 1. The van der Waals surface area contributed by atoms with Crippen molar-refractivity contribution in [2.45, 2.75) is 112 Å². The van der Waals surface area contributed by atoms with Crippen LogP contribution in [0.25, 0.3) is 0 Å². The Morgan fingerprint density at radius 2 is 1.44 bits per heavy atom. The molecule has 0 bridgehead atoms. The van der Waals surface area contributed by atoms with Crippen molar-refractivity contribution in [3.63, 3.8) is 0 Å². The number of anilines is 1. The van der Waals surface area contributed by atoms with Crippen LogP contribution in [0, 0.1) is 26.7 Å². The third kappa shape index (κ3) is 10.7. The van der Waals surface area contributed by atoms with Crippen LogP contribution in [0.2, 0.25) is 0 Å². The van der Waals surface area contributed by atoms with Gasteiger partial charge in [0.1, 0.15) is 17.7 Å². The van der Waals surface area contributed by atoms with E-state index in [0.717, 1.165) is 23.1 Å². The molecule has 4 N–H and O–H groups in total. The number of aryl methyl sites for hydroxylation is 3. The average molecular weight is 595 g/mol. The van der Waals surface area contributed by atoms with Crippen molar-refractivity contribution in [3.8, 4) is 0 Å². The van der Waals surface area contributed by atoms with Crippen LogP contribution < -0.4 is 16.4 Å². The average Bonchev–Trinajstić information content (AvgIpc) is 2.89. The molecule has 2 rings (SSSR count). The number of benzene rings is 2. The van der Waals surface area contributed by atoms with E-state index in [1.165, 1.54) is 0 Å². The lowest BCUT2D eigenvalue weighted by Gasteiger charge is -2.39. The minimum absolute atomic E-state index is 0.0418. The Labute approximate surface area is 256 Å². The Kier molecular flexibility index (Phi) is 12.8. The molecule has 0 saturated carbocycles. The maximum atomic E-state index is 14.6. The molecule has 4 amide bonds. The number of carbonyl (C=O) groups excluding carboxylic acids is 4. The minimum atomic E-state index is -1.15. The summed E-state index contributed by atoms with van der Waals surface area (Å²) in [5.74, 6) is -1.10. The van der Waals surface area contributed by atoms with Crippen molar-refractivity contribution in [3.05, 3.63) is 64.7 Å². The highest BCUT2D eigenvalue weighted by atomic mass is 16.6. The lowest BCUT2D eigenvalue weighted by atomic mass is 9.94. The van der Waals surface area contributed by atoms with E-state index in [1.54, 1.807) is 25.7 Å². The van der Waals surface area contributed by atoms with Gasteiger partial charge >= 0.3 is 6.09 Å². The predicted octanol–water partition coefficient (Wildman–Crippen LogP) is 6.10. The number of carbonyl (C=O) groups is 4. The molecular weight excluding hydrogens is 544 g/mol. The zero-order chi connectivity index (χ0) is 32.5. The summed E-state index contributed by atoms with van der Waals surface area (Å²) in [4.78, 5) is 55.2. The van der Waals surface area contributed by atoms with Crippen LogP contribution in [0.15, 0.2) is 42.5 Å². The monoisotopic (exact) mass is 594 g/mol. The predicted molar refractivity (Wildman–Crippen MR) is 170 cm³/mol. The zero-order valence-corrected chi connectivity index (χ0v) is 27.2. The van der Waals surface area contributed by atoms with E-state index in [2.05, 4.69) is 24.5 Å².